The Labute approximate surface area is 178 Å². The van der Waals surface area contributed by atoms with Crippen LogP contribution in [-0.4, -0.2) is 25.2 Å². The Morgan fingerprint density at radius 3 is 2.52 bits per heavy atom. The lowest BCUT2D eigenvalue weighted by Crippen LogP contribution is -2.33. The first-order valence-electron chi connectivity index (χ1n) is 10.0. The summed E-state index contributed by atoms with van der Waals surface area (Å²) in [5.74, 6) is -0.654. The monoisotopic (exact) mass is 419 g/mol. The van der Waals surface area contributed by atoms with Gasteiger partial charge in [0, 0.05) is 0 Å². The SMILES string of the molecule is CCc1ccc([C@H](C)NC(=O)Cn2cnc3c(cnn3-c3ccc(F)cc3)c2=O)cc1. The van der Waals surface area contributed by atoms with Crippen molar-refractivity contribution in [3.63, 3.8) is 0 Å². The molecule has 2 aromatic heterocycles. The van der Waals surface area contributed by atoms with Gasteiger partial charge in [0.25, 0.3) is 5.56 Å². The fourth-order valence-electron chi connectivity index (χ4n) is 3.40. The normalized spacial score (nSPS) is 12.1. The zero-order valence-electron chi connectivity index (χ0n) is 17.2. The van der Waals surface area contributed by atoms with E-state index < -0.39 is 0 Å². The molecule has 0 aliphatic heterocycles. The number of aromatic nitrogens is 4. The van der Waals surface area contributed by atoms with E-state index >= 15 is 0 Å². The van der Waals surface area contributed by atoms with Crippen LogP contribution in [0.3, 0.4) is 0 Å². The van der Waals surface area contributed by atoms with E-state index in [0.29, 0.717) is 11.3 Å². The van der Waals surface area contributed by atoms with Crippen molar-refractivity contribution >= 4 is 16.9 Å². The summed E-state index contributed by atoms with van der Waals surface area (Å²) in [6.07, 6.45) is 3.68. The molecule has 2 heterocycles. The van der Waals surface area contributed by atoms with Gasteiger partial charge >= 0.3 is 0 Å². The van der Waals surface area contributed by atoms with Gasteiger partial charge in [0.05, 0.1) is 17.9 Å². The average Bonchev–Trinajstić information content (AvgIpc) is 3.21. The van der Waals surface area contributed by atoms with Crippen LogP contribution < -0.4 is 10.9 Å². The molecule has 0 aliphatic rings. The number of hydrogen-bond donors (Lipinski definition) is 1. The van der Waals surface area contributed by atoms with Crippen LogP contribution in [0.2, 0.25) is 0 Å². The fourth-order valence-corrected chi connectivity index (χ4v) is 3.40. The van der Waals surface area contributed by atoms with Crippen LogP contribution in [0.4, 0.5) is 4.39 Å². The van der Waals surface area contributed by atoms with Crippen molar-refractivity contribution in [2.45, 2.75) is 32.9 Å². The highest BCUT2D eigenvalue weighted by atomic mass is 19.1. The Morgan fingerprint density at radius 2 is 1.84 bits per heavy atom. The molecule has 158 valence electrons. The highest BCUT2D eigenvalue weighted by molar-refractivity contribution is 5.78. The van der Waals surface area contributed by atoms with Crippen LogP contribution in [0.5, 0.6) is 0 Å². The number of hydrogen-bond acceptors (Lipinski definition) is 4. The Balaban J connectivity index is 1.51. The molecule has 8 heteroatoms. The third-order valence-electron chi connectivity index (χ3n) is 5.21. The molecule has 4 rings (SSSR count). The lowest BCUT2D eigenvalue weighted by atomic mass is 10.1. The van der Waals surface area contributed by atoms with Gasteiger partial charge in [0.2, 0.25) is 5.91 Å². The molecule has 4 aromatic rings. The van der Waals surface area contributed by atoms with E-state index in [1.807, 2.05) is 31.2 Å². The van der Waals surface area contributed by atoms with Crippen LogP contribution in [0.1, 0.15) is 31.0 Å². The van der Waals surface area contributed by atoms with E-state index in [9.17, 15) is 14.0 Å². The summed E-state index contributed by atoms with van der Waals surface area (Å²) in [7, 11) is 0. The molecule has 2 aromatic carbocycles. The molecule has 0 unspecified atom stereocenters. The summed E-state index contributed by atoms with van der Waals surface area (Å²) in [6.45, 7) is 3.84. The Bertz CT molecular complexity index is 1280. The lowest BCUT2D eigenvalue weighted by Gasteiger charge is -2.15. The lowest BCUT2D eigenvalue weighted by molar-refractivity contribution is -0.122. The maximum atomic E-state index is 13.2. The smallest absolute Gasteiger partial charge is 0.264 e. The molecule has 0 spiro atoms. The van der Waals surface area contributed by atoms with Gasteiger partial charge in [-0.3, -0.25) is 14.2 Å². The number of halogens is 1. The number of carbonyl (C=O) groups is 1. The molecule has 1 amide bonds. The summed E-state index contributed by atoms with van der Waals surface area (Å²) >= 11 is 0. The van der Waals surface area contributed by atoms with E-state index in [0.717, 1.165) is 12.0 Å². The molecule has 0 saturated heterocycles. The number of amides is 1. The number of aryl methyl sites for hydroxylation is 1. The van der Waals surface area contributed by atoms with Crippen molar-refractivity contribution in [1.82, 2.24) is 24.6 Å². The third kappa shape index (κ3) is 4.23. The molecule has 0 radical (unpaired) electrons. The van der Waals surface area contributed by atoms with Gasteiger partial charge < -0.3 is 5.32 Å². The first-order chi connectivity index (χ1) is 15.0. The predicted octanol–water partition coefficient (Wildman–Crippen LogP) is 3.16. The van der Waals surface area contributed by atoms with Crippen LogP contribution in [0, 0.1) is 5.82 Å². The van der Waals surface area contributed by atoms with E-state index in [4.69, 9.17) is 0 Å². The second-order valence-corrected chi connectivity index (χ2v) is 7.33. The quantitative estimate of drug-likeness (QED) is 0.521. The topological polar surface area (TPSA) is 81.8 Å². The summed E-state index contributed by atoms with van der Waals surface area (Å²) in [5.41, 5.74) is 2.79. The second-order valence-electron chi connectivity index (χ2n) is 7.33. The fraction of sp³-hybridized carbons (Fsp3) is 0.217. The van der Waals surface area contributed by atoms with Gasteiger partial charge in [-0.2, -0.15) is 5.10 Å². The summed E-state index contributed by atoms with van der Waals surface area (Å²) in [4.78, 5) is 29.6. The number of fused-ring (bicyclic) bond motifs is 1. The molecule has 0 saturated carbocycles. The zero-order chi connectivity index (χ0) is 22.0. The van der Waals surface area contributed by atoms with Crippen molar-refractivity contribution < 1.29 is 9.18 Å². The number of nitrogens with zero attached hydrogens (tertiary/aromatic N) is 4. The van der Waals surface area contributed by atoms with E-state index in [-0.39, 0.29) is 35.3 Å². The summed E-state index contributed by atoms with van der Waals surface area (Å²) in [6, 6.07) is 13.6. The van der Waals surface area contributed by atoms with E-state index in [2.05, 4.69) is 22.3 Å². The van der Waals surface area contributed by atoms with Crippen molar-refractivity contribution in [1.29, 1.82) is 0 Å². The Hall–Kier alpha value is -3.81. The zero-order valence-corrected chi connectivity index (χ0v) is 17.2. The predicted molar refractivity (Wildman–Crippen MR) is 115 cm³/mol. The van der Waals surface area contributed by atoms with Crippen molar-refractivity contribution in [2.24, 2.45) is 0 Å². The summed E-state index contributed by atoms with van der Waals surface area (Å²) in [5, 5.41) is 7.39. The minimum Gasteiger partial charge on any atom is -0.348 e. The standard InChI is InChI=1S/C23H22FN5O2/c1-3-16-4-6-17(7-5-16)15(2)27-21(30)13-28-14-25-22-20(23(28)31)12-26-29(22)19-10-8-18(24)9-11-19/h4-12,14-15H,3,13H2,1-2H3,(H,27,30)/t15-/m0/s1. The van der Waals surface area contributed by atoms with Crippen LogP contribution in [0.15, 0.2) is 65.8 Å². The van der Waals surface area contributed by atoms with Crippen molar-refractivity contribution in [2.75, 3.05) is 0 Å². The van der Waals surface area contributed by atoms with E-state index in [1.54, 1.807) is 12.1 Å². The van der Waals surface area contributed by atoms with Gasteiger partial charge in [-0.1, -0.05) is 31.2 Å². The number of benzene rings is 2. The highest BCUT2D eigenvalue weighted by Gasteiger charge is 2.15. The Kier molecular flexibility index (Phi) is 5.62. The van der Waals surface area contributed by atoms with Crippen LogP contribution in [-0.2, 0) is 17.8 Å². The first kappa shape index (κ1) is 20.5. The maximum Gasteiger partial charge on any atom is 0.264 e. The number of carbonyl (C=O) groups excluding carboxylic acids is 1. The molecular weight excluding hydrogens is 397 g/mol. The van der Waals surface area contributed by atoms with Crippen LogP contribution in [0.25, 0.3) is 16.7 Å². The molecular formula is C23H22FN5O2. The van der Waals surface area contributed by atoms with Gasteiger partial charge in [0.1, 0.15) is 24.1 Å². The molecule has 1 N–H and O–H groups in total. The Morgan fingerprint density at radius 1 is 1.13 bits per heavy atom. The highest BCUT2D eigenvalue weighted by Crippen LogP contribution is 2.15. The average molecular weight is 419 g/mol. The van der Waals surface area contributed by atoms with Gasteiger partial charge in [-0.15, -0.1) is 0 Å². The van der Waals surface area contributed by atoms with E-state index in [1.165, 1.54) is 39.5 Å². The third-order valence-corrected chi connectivity index (χ3v) is 5.21. The molecule has 0 fully saturated rings. The second kappa shape index (κ2) is 8.51. The molecule has 0 aliphatic carbocycles. The van der Waals surface area contributed by atoms with Crippen molar-refractivity contribution in [3.05, 3.63) is 88.4 Å². The van der Waals surface area contributed by atoms with Gasteiger partial charge in [0.15, 0.2) is 5.65 Å². The van der Waals surface area contributed by atoms with Gasteiger partial charge in [-0.25, -0.2) is 14.1 Å². The first-order valence-corrected chi connectivity index (χ1v) is 10.0. The van der Waals surface area contributed by atoms with Crippen molar-refractivity contribution in [3.8, 4) is 5.69 Å². The maximum absolute atomic E-state index is 13.2. The molecule has 0 bridgehead atoms. The molecule has 7 nitrogen and oxygen atoms in total. The molecule has 1 atom stereocenters. The minimum atomic E-state index is -0.367. The molecule has 31 heavy (non-hydrogen) atoms. The van der Waals surface area contributed by atoms with Crippen LogP contribution >= 0.6 is 0 Å². The number of rotatable bonds is 6. The van der Waals surface area contributed by atoms with Gasteiger partial charge in [-0.05, 0) is 48.7 Å². The minimum absolute atomic E-state index is 0.152. The summed E-state index contributed by atoms with van der Waals surface area (Å²) < 4.78 is 15.9. The number of nitrogens with one attached hydrogen (secondary N) is 1. The largest absolute Gasteiger partial charge is 0.348 e.